The normalized spacial score (nSPS) is 10.3. The number of aromatic nitrogens is 2. The standard InChI is InChI=1S/C13H20ClN3O3/c1-3-19-9-12-16-10(14)8-11(17-12)15-7-5-6-13(18)20-4-2/h8H,3-7,9H2,1-2H3,(H,15,16,17). The highest BCUT2D eigenvalue weighted by atomic mass is 35.5. The van der Waals surface area contributed by atoms with Crippen molar-refractivity contribution < 1.29 is 14.3 Å². The molecular weight excluding hydrogens is 282 g/mol. The van der Waals surface area contributed by atoms with E-state index in [9.17, 15) is 4.79 Å². The Kier molecular flexibility index (Phi) is 7.91. The van der Waals surface area contributed by atoms with Gasteiger partial charge in [0.05, 0.1) is 6.61 Å². The van der Waals surface area contributed by atoms with E-state index >= 15 is 0 Å². The van der Waals surface area contributed by atoms with Gasteiger partial charge in [0.2, 0.25) is 0 Å². The molecule has 7 heteroatoms. The number of esters is 1. The summed E-state index contributed by atoms with van der Waals surface area (Å²) in [6.45, 7) is 5.64. The molecule has 0 aromatic carbocycles. The van der Waals surface area contributed by atoms with Crippen LogP contribution in [0, 0.1) is 0 Å². The molecule has 20 heavy (non-hydrogen) atoms. The fourth-order valence-corrected chi connectivity index (χ4v) is 1.70. The number of ether oxygens (including phenoxy) is 2. The molecular formula is C13H20ClN3O3. The quantitative estimate of drug-likeness (QED) is 0.429. The lowest BCUT2D eigenvalue weighted by Gasteiger charge is -2.08. The molecule has 0 atom stereocenters. The average Bonchev–Trinajstić information content (AvgIpc) is 2.41. The summed E-state index contributed by atoms with van der Waals surface area (Å²) in [6.07, 6.45) is 1.05. The van der Waals surface area contributed by atoms with E-state index in [2.05, 4.69) is 15.3 Å². The molecule has 1 aromatic rings. The fourth-order valence-electron chi connectivity index (χ4n) is 1.50. The smallest absolute Gasteiger partial charge is 0.305 e. The van der Waals surface area contributed by atoms with Gasteiger partial charge in [-0.1, -0.05) is 11.6 Å². The molecule has 1 rings (SSSR count). The molecule has 0 aliphatic rings. The summed E-state index contributed by atoms with van der Waals surface area (Å²) in [5.41, 5.74) is 0. The number of hydrogen-bond donors (Lipinski definition) is 1. The number of carbonyl (C=O) groups excluding carboxylic acids is 1. The minimum atomic E-state index is -0.188. The fraction of sp³-hybridized carbons (Fsp3) is 0.615. The zero-order valence-electron chi connectivity index (χ0n) is 11.8. The van der Waals surface area contributed by atoms with E-state index in [0.29, 0.717) is 56.0 Å². The van der Waals surface area contributed by atoms with Crippen LogP contribution in [0.15, 0.2) is 6.07 Å². The summed E-state index contributed by atoms with van der Waals surface area (Å²) in [4.78, 5) is 19.5. The molecule has 112 valence electrons. The third-order valence-electron chi connectivity index (χ3n) is 2.35. The first-order valence-electron chi connectivity index (χ1n) is 6.66. The third kappa shape index (κ3) is 6.68. The Morgan fingerprint density at radius 1 is 1.35 bits per heavy atom. The zero-order chi connectivity index (χ0) is 14.8. The Labute approximate surface area is 123 Å². The molecule has 0 fully saturated rings. The summed E-state index contributed by atoms with van der Waals surface area (Å²) < 4.78 is 10.1. The van der Waals surface area contributed by atoms with E-state index in [1.807, 2.05) is 6.92 Å². The molecule has 0 unspecified atom stereocenters. The van der Waals surface area contributed by atoms with Crippen LogP contribution in [0.25, 0.3) is 0 Å². The van der Waals surface area contributed by atoms with Gasteiger partial charge in [0.1, 0.15) is 17.6 Å². The van der Waals surface area contributed by atoms with Crippen LogP contribution in [0.4, 0.5) is 5.82 Å². The SMILES string of the molecule is CCOCc1nc(Cl)cc(NCCCC(=O)OCC)n1. The van der Waals surface area contributed by atoms with Gasteiger partial charge in [-0.2, -0.15) is 0 Å². The van der Waals surface area contributed by atoms with Gasteiger partial charge in [0.15, 0.2) is 5.82 Å². The molecule has 1 aromatic heterocycles. The summed E-state index contributed by atoms with van der Waals surface area (Å²) in [5, 5.41) is 3.46. The Hall–Kier alpha value is -1.40. The molecule has 6 nitrogen and oxygen atoms in total. The van der Waals surface area contributed by atoms with Crippen molar-refractivity contribution in [1.29, 1.82) is 0 Å². The number of anilines is 1. The molecule has 0 aliphatic carbocycles. The van der Waals surface area contributed by atoms with E-state index in [1.54, 1.807) is 13.0 Å². The van der Waals surface area contributed by atoms with E-state index in [4.69, 9.17) is 21.1 Å². The molecule has 0 spiro atoms. The molecule has 0 aliphatic heterocycles. The van der Waals surface area contributed by atoms with Gasteiger partial charge in [-0.15, -0.1) is 0 Å². The second-order valence-corrected chi connectivity index (χ2v) is 4.35. The monoisotopic (exact) mass is 301 g/mol. The Balaban J connectivity index is 2.39. The number of nitrogens with zero attached hydrogens (tertiary/aromatic N) is 2. The highest BCUT2D eigenvalue weighted by Gasteiger charge is 2.04. The van der Waals surface area contributed by atoms with Gasteiger partial charge >= 0.3 is 5.97 Å². The molecule has 0 saturated carbocycles. The third-order valence-corrected chi connectivity index (χ3v) is 2.54. The van der Waals surface area contributed by atoms with Gasteiger partial charge < -0.3 is 14.8 Å². The minimum Gasteiger partial charge on any atom is -0.466 e. The van der Waals surface area contributed by atoms with Crippen molar-refractivity contribution in [3.63, 3.8) is 0 Å². The van der Waals surface area contributed by atoms with Gasteiger partial charge in [-0.05, 0) is 20.3 Å². The summed E-state index contributed by atoms with van der Waals surface area (Å²) in [5.74, 6) is 0.975. The Morgan fingerprint density at radius 2 is 2.15 bits per heavy atom. The second kappa shape index (κ2) is 9.50. The van der Waals surface area contributed by atoms with Crippen LogP contribution >= 0.6 is 11.6 Å². The van der Waals surface area contributed by atoms with Gasteiger partial charge in [-0.25, -0.2) is 9.97 Å². The van der Waals surface area contributed by atoms with Crippen LogP contribution in [0.3, 0.4) is 0 Å². The van der Waals surface area contributed by atoms with Gasteiger partial charge in [-0.3, -0.25) is 4.79 Å². The molecule has 0 bridgehead atoms. The number of hydrogen-bond acceptors (Lipinski definition) is 6. The second-order valence-electron chi connectivity index (χ2n) is 3.96. The number of nitrogens with one attached hydrogen (secondary N) is 1. The van der Waals surface area contributed by atoms with E-state index in [-0.39, 0.29) is 5.97 Å². The van der Waals surface area contributed by atoms with E-state index in [0.717, 1.165) is 0 Å². The maximum Gasteiger partial charge on any atom is 0.305 e. The lowest BCUT2D eigenvalue weighted by Crippen LogP contribution is -2.10. The predicted molar refractivity (Wildman–Crippen MR) is 76.7 cm³/mol. The van der Waals surface area contributed by atoms with Crippen molar-refractivity contribution in [2.24, 2.45) is 0 Å². The lowest BCUT2D eigenvalue weighted by atomic mass is 10.3. The van der Waals surface area contributed by atoms with E-state index < -0.39 is 0 Å². The molecule has 1 heterocycles. The van der Waals surface area contributed by atoms with Crippen molar-refractivity contribution in [3.8, 4) is 0 Å². The maximum absolute atomic E-state index is 11.2. The van der Waals surface area contributed by atoms with Crippen LogP contribution in [0.1, 0.15) is 32.5 Å². The van der Waals surface area contributed by atoms with Crippen LogP contribution in [0.5, 0.6) is 0 Å². The predicted octanol–water partition coefficient (Wildman–Crippen LogP) is 2.42. The molecule has 1 N–H and O–H groups in total. The van der Waals surface area contributed by atoms with Crippen molar-refractivity contribution >= 4 is 23.4 Å². The van der Waals surface area contributed by atoms with Gasteiger partial charge in [0, 0.05) is 25.6 Å². The highest BCUT2D eigenvalue weighted by Crippen LogP contribution is 2.12. The van der Waals surface area contributed by atoms with E-state index in [1.165, 1.54) is 0 Å². The summed E-state index contributed by atoms with van der Waals surface area (Å²) >= 11 is 5.91. The largest absolute Gasteiger partial charge is 0.466 e. The van der Waals surface area contributed by atoms with Gasteiger partial charge in [0.25, 0.3) is 0 Å². The highest BCUT2D eigenvalue weighted by molar-refractivity contribution is 6.29. The number of rotatable bonds is 9. The Morgan fingerprint density at radius 3 is 2.85 bits per heavy atom. The Bertz CT molecular complexity index is 429. The van der Waals surface area contributed by atoms with Crippen molar-refractivity contribution in [2.45, 2.75) is 33.3 Å². The van der Waals surface area contributed by atoms with Crippen LogP contribution in [-0.4, -0.2) is 35.7 Å². The maximum atomic E-state index is 11.2. The first-order chi connectivity index (χ1) is 9.65. The summed E-state index contributed by atoms with van der Waals surface area (Å²) in [6, 6.07) is 1.64. The molecule has 0 amide bonds. The van der Waals surface area contributed by atoms with Crippen molar-refractivity contribution in [1.82, 2.24) is 9.97 Å². The lowest BCUT2D eigenvalue weighted by molar-refractivity contribution is -0.143. The van der Waals surface area contributed by atoms with Crippen molar-refractivity contribution in [3.05, 3.63) is 17.0 Å². The molecule has 0 radical (unpaired) electrons. The first-order valence-corrected chi connectivity index (χ1v) is 7.04. The van der Waals surface area contributed by atoms with Crippen molar-refractivity contribution in [2.75, 3.05) is 25.1 Å². The van der Waals surface area contributed by atoms with Crippen LogP contribution in [0.2, 0.25) is 5.15 Å². The van der Waals surface area contributed by atoms with Crippen LogP contribution in [-0.2, 0) is 20.9 Å². The van der Waals surface area contributed by atoms with Crippen LogP contribution < -0.4 is 5.32 Å². The first kappa shape index (κ1) is 16.7. The minimum absolute atomic E-state index is 0.188. The number of carbonyl (C=O) groups is 1. The average molecular weight is 302 g/mol. The number of halogens is 1. The zero-order valence-corrected chi connectivity index (χ0v) is 12.6. The summed E-state index contributed by atoms with van der Waals surface area (Å²) in [7, 11) is 0. The topological polar surface area (TPSA) is 73.3 Å². The molecule has 0 saturated heterocycles.